The summed E-state index contributed by atoms with van der Waals surface area (Å²) in [6.07, 6.45) is 0.760. The Kier molecular flexibility index (Phi) is 6.04. The lowest BCUT2D eigenvalue weighted by Gasteiger charge is -2.11. The highest BCUT2D eigenvalue weighted by Crippen LogP contribution is 2.23. The van der Waals surface area contributed by atoms with Crippen LogP contribution >= 0.6 is 0 Å². The molecule has 7 nitrogen and oxygen atoms in total. The van der Waals surface area contributed by atoms with E-state index in [1.54, 1.807) is 18.2 Å². The fraction of sp³-hybridized carbons (Fsp3) is 0.333. The van der Waals surface area contributed by atoms with Crippen molar-refractivity contribution >= 4 is 32.7 Å². The van der Waals surface area contributed by atoms with Gasteiger partial charge in [-0.15, -0.1) is 0 Å². The molecule has 0 aliphatic rings. The fourth-order valence-corrected chi connectivity index (χ4v) is 4.08. The summed E-state index contributed by atoms with van der Waals surface area (Å²) in [5.74, 6) is 0.681. The van der Waals surface area contributed by atoms with Crippen molar-refractivity contribution in [1.29, 1.82) is 0 Å². The summed E-state index contributed by atoms with van der Waals surface area (Å²) < 4.78 is 28.0. The number of hydrogen-bond acceptors (Lipinski definition) is 4. The van der Waals surface area contributed by atoms with Crippen molar-refractivity contribution in [2.45, 2.75) is 38.1 Å². The Morgan fingerprint density at radius 1 is 1.14 bits per heavy atom. The predicted octanol–water partition coefficient (Wildman–Crippen LogP) is 3.19. The third-order valence-electron chi connectivity index (χ3n) is 4.80. The smallest absolute Gasteiger partial charge is 0.242 e. The van der Waals surface area contributed by atoms with Gasteiger partial charge in [0.25, 0.3) is 0 Å². The minimum atomic E-state index is -3.52. The Balaban J connectivity index is 1.80. The molecular weight excluding hydrogens is 388 g/mol. The second kappa shape index (κ2) is 8.34. The summed E-state index contributed by atoms with van der Waals surface area (Å²) in [4.78, 5) is 17.1. The first-order chi connectivity index (χ1) is 13.7. The quantitative estimate of drug-likeness (QED) is 0.643. The Morgan fingerprint density at radius 2 is 1.83 bits per heavy atom. The van der Waals surface area contributed by atoms with Crippen molar-refractivity contribution in [3.63, 3.8) is 0 Å². The SMILES string of the molecule is CCn1c(CCC(=O)Nc2ccc(C)cc2)nc2cc(S(=O)(=O)N(C)C)ccc21. The van der Waals surface area contributed by atoms with E-state index in [1.165, 1.54) is 18.4 Å². The van der Waals surface area contributed by atoms with Gasteiger partial charge in [0.2, 0.25) is 15.9 Å². The summed E-state index contributed by atoms with van der Waals surface area (Å²) >= 11 is 0. The Morgan fingerprint density at radius 3 is 2.45 bits per heavy atom. The molecule has 0 radical (unpaired) electrons. The minimum Gasteiger partial charge on any atom is -0.328 e. The van der Waals surface area contributed by atoms with Crippen LogP contribution in [0.3, 0.4) is 0 Å². The number of aryl methyl sites for hydroxylation is 3. The maximum absolute atomic E-state index is 12.4. The number of sulfonamides is 1. The highest BCUT2D eigenvalue weighted by Gasteiger charge is 2.19. The lowest BCUT2D eigenvalue weighted by atomic mass is 10.2. The Hall–Kier alpha value is -2.71. The molecule has 3 aromatic rings. The zero-order valence-corrected chi connectivity index (χ0v) is 18.0. The molecule has 2 aromatic carbocycles. The first-order valence-corrected chi connectivity index (χ1v) is 10.9. The molecule has 0 unspecified atom stereocenters. The van der Waals surface area contributed by atoms with Gasteiger partial charge in [-0.1, -0.05) is 17.7 Å². The average Bonchev–Trinajstić information content (AvgIpc) is 3.04. The van der Waals surface area contributed by atoms with Crippen LogP contribution < -0.4 is 5.32 Å². The summed E-state index contributed by atoms with van der Waals surface area (Å²) in [5, 5.41) is 2.89. The number of hydrogen-bond donors (Lipinski definition) is 1. The average molecular weight is 415 g/mol. The maximum atomic E-state index is 12.4. The number of amides is 1. The molecule has 0 saturated heterocycles. The molecule has 0 aliphatic carbocycles. The Bertz CT molecular complexity index is 1130. The summed E-state index contributed by atoms with van der Waals surface area (Å²) in [6, 6.07) is 12.6. The molecule has 29 heavy (non-hydrogen) atoms. The number of imidazole rings is 1. The molecule has 0 atom stereocenters. The molecule has 3 rings (SSSR count). The van der Waals surface area contributed by atoms with E-state index in [2.05, 4.69) is 10.3 Å². The molecule has 8 heteroatoms. The molecule has 0 fully saturated rings. The molecule has 1 heterocycles. The van der Waals surface area contributed by atoms with E-state index in [-0.39, 0.29) is 10.8 Å². The highest BCUT2D eigenvalue weighted by atomic mass is 32.2. The number of carbonyl (C=O) groups excluding carboxylic acids is 1. The second-order valence-electron chi connectivity index (χ2n) is 7.12. The normalized spacial score (nSPS) is 11.9. The van der Waals surface area contributed by atoms with E-state index in [9.17, 15) is 13.2 Å². The maximum Gasteiger partial charge on any atom is 0.242 e. The van der Waals surface area contributed by atoms with Crippen LogP contribution in [-0.4, -0.2) is 42.3 Å². The van der Waals surface area contributed by atoms with Crippen molar-refractivity contribution in [1.82, 2.24) is 13.9 Å². The van der Waals surface area contributed by atoms with Gasteiger partial charge in [0.05, 0.1) is 15.9 Å². The second-order valence-corrected chi connectivity index (χ2v) is 9.28. The summed E-state index contributed by atoms with van der Waals surface area (Å²) in [5.41, 5.74) is 3.38. The molecule has 0 aliphatic heterocycles. The summed E-state index contributed by atoms with van der Waals surface area (Å²) in [7, 11) is -0.518. The molecule has 154 valence electrons. The number of benzene rings is 2. The zero-order chi connectivity index (χ0) is 21.2. The van der Waals surface area contributed by atoms with Crippen molar-refractivity contribution in [2.24, 2.45) is 0 Å². The molecule has 0 spiro atoms. The lowest BCUT2D eigenvalue weighted by Crippen LogP contribution is -2.22. The van der Waals surface area contributed by atoms with Gasteiger partial charge in [-0.25, -0.2) is 17.7 Å². The molecular formula is C21H26N4O3S. The highest BCUT2D eigenvalue weighted by molar-refractivity contribution is 7.89. The van der Waals surface area contributed by atoms with Crippen molar-refractivity contribution in [2.75, 3.05) is 19.4 Å². The van der Waals surface area contributed by atoms with Gasteiger partial charge >= 0.3 is 0 Å². The molecule has 1 N–H and O–H groups in total. The van der Waals surface area contributed by atoms with E-state index in [1.807, 2.05) is 42.7 Å². The summed E-state index contributed by atoms with van der Waals surface area (Å²) in [6.45, 7) is 4.68. The van der Waals surface area contributed by atoms with Crippen molar-refractivity contribution in [3.05, 3.63) is 53.9 Å². The number of carbonyl (C=O) groups is 1. The van der Waals surface area contributed by atoms with Gasteiger partial charge in [0, 0.05) is 39.2 Å². The van der Waals surface area contributed by atoms with E-state index < -0.39 is 10.0 Å². The van der Waals surface area contributed by atoms with Crippen molar-refractivity contribution in [3.8, 4) is 0 Å². The predicted molar refractivity (Wildman–Crippen MR) is 114 cm³/mol. The number of nitrogens with one attached hydrogen (secondary N) is 1. The van der Waals surface area contributed by atoms with Crippen LogP contribution in [0.25, 0.3) is 11.0 Å². The first kappa shape index (κ1) is 21.0. The van der Waals surface area contributed by atoms with Gasteiger partial charge in [0.1, 0.15) is 5.82 Å². The number of rotatable bonds is 7. The van der Waals surface area contributed by atoms with Gasteiger partial charge in [-0.05, 0) is 44.2 Å². The van der Waals surface area contributed by atoms with Gasteiger partial charge < -0.3 is 9.88 Å². The van der Waals surface area contributed by atoms with Crippen LogP contribution in [0.4, 0.5) is 5.69 Å². The van der Waals surface area contributed by atoms with Crippen LogP contribution in [0.15, 0.2) is 47.4 Å². The topological polar surface area (TPSA) is 84.3 Å². The van der Waals surface area contributed by atoms with Crippen LogP contribution in [0.2, 0.25) is 0 Å². The van der Waals surface area contributed by atoms with Crippen LogP contribution in [0.5, 0.6) is 0 Å². The number of fused-ring (bicyclic) bond motifs is 1. The molecule has 1 aromatic heterocycles. The largest absolute Gasteiger partial charge is 0.328 e. The zero-order valence-electron chi connectivity index (χ0n) is 17.1. The van der Waals surface area contributed by atoms with E-state index in [0.29, 0.717) is 24.9 Å². The third kappa shape index (κ3) is 4.49. The lowest BCUT2D eigenvalue weighted by molar-refractivity contribution is -0.116. The number of aromatic nitrogens is 2. The molecule has 0 saturated carbocycles. The van der Waals surface area contributed by atoms with E-state index in [4.69, 9.17) is 0 Å². The first-order valence-electron chi connectivity index (χ1n) is 9.50. The molecule has 1 amide bonds. The van der Waals surface area contributed by atoms with Gasteiger partial charge in [0.15, 0.2) is 0 Å². The van der Waals surface area contributed by atoms with E-state index >= 15 is 0 Å². The minimum absolute atomic E-state index is 0.0839. The number of nitrogens with zero attached hydrogens (tertiary/aromatic N) is 3. The number of anilines is 1. The Labute approximate surface area is 171 Å². The van der Waals surface area contributed by atoms with Crippen LogP contribution in [0.1, 0.15) is 24.7 Å². The van der Waals surface area contributed by atoms with Gasteiger partial charge in [-0.3, -0.25) is 4.79 Å². The third-order valence-corrected chi connectivity index (χ3v) is 6.62. The monoisotopic (exact) mass is 414 g/mol. The van der Waals surface area contributed by atoms with Gasteiger partial charge in [-0.2, -0.15) is 0 Å². The van der Waals surface area contributed by atoms with Crippen molar-refractivity contribution < 1.29 is 13.2 Å². The molecule has 0 bridgehead atoms. The standard InChI is InChI=1S/C21H26N4O3S/c1-5-25-19-11-10-17(29(27,28)24(3)4)14-18(19)23-20(25)12-13-21(26)22-16-8-6-15(2)7-9-16/h6-11,14H,5,12-13H2,1-4H3,(H,22,26). The van der Waals surface area contributed by atoms with E-state index in [0.717, 1.165) is 22.6 Å². The fourth-order valence-electron chi connectivity index (χ4n) is 3.16. The van der Waals surface area contributed by atoms with Crippen LogP contribution in [-0.2, 0) is 27.8 Å². The van der Waals surface area contributed by atoms with Crippen LogP contribution in [0, 0.1) is 6.92 Å².